The molecule has 1 aromatic rings. The number of ether oxygens (including phenoxy) is 1. The molecule has 0 aliphatic carbocycles. The zero-order valence-electron chi connectivity index (χ0n) is 11.2. The Kier molecular flexibility index (Phi) is 4.40. The molecule has 1 aliphatic heterocycles. The van der Waals surface area contributed by atoms with Gasteiger partial charge >= 0.3 is 0 Å². The van der Waals surface area contributed by atoms with E-state index in [1.807, 2.05) is 13.8 Å². The third-order valence-electron chi connectivity index (χ3n) is 3.38. The van der Waals surface area contributed by atoms with Crippen molar-refractivity contribution in [1.29, 1.82) is 0 Å². The fourth-order valence-electron chi connectivity index (χ4n) is 2.16. The second kappa shape index (κ2) is 5.85. The Hall–Kier alpha value is -0.870. The maximum absolute atomic E-state index is 6.20. The molecule has 0 N–H and O–H groups in total. The Bertz CT molecular complexity index is 419. The smallest absolute Gasteiger partial charge is 0.171 e. The van der Waals surface area contributed by atoms with Gasteiger partial charge < -0.3 is 9.64 Å². The molecule has 1 aromatic heterocycles. The van der Waals surface area contributed by atoms with Crippen LogP contribution in [0.4, 0.5) is 5.82 Å². The standard InChI is InChI=1S/C13H20ClN3O/c1-4-17(8-11-6-5-7-18-11)13-12(14)15-9(2)10(3)16-13/h11H,4-8H2,1-3H3. The summed E-state index contributed by atoms with van der Waals surface area (Å²) in [6, 6.07) is 0. The predicted octanol–water partition coefficient (Wildman–Crippen LogP) is 2.75. The normalized spacial score (nSPS) is 19.2. The lowest BCUT2D eigenvalue weighted by Gasteiger charge is -2.25. The maximum Gasteiger partial charge on any atom is 0.171 e. The van der Waals surface area contributed by atoms with Crippen molar-refractivity contribution in [3.05, 3.63) is 16.5 Å². The zero-order chi connectivity index (χ0) is 13.1. The topological polar surface area (TPSA) is 38.2 Å². The van der Waals surface area contributed by atoms with Crippen LogP contribution in [0.2, 0.25) is 5.15 Å². The largest absolute Gasteiger partial charge is 0.376 e. The van der Waals surface area contributed by atoms with Crippen LogP contribution in [0.15, 0.2) is 0 Å². The molecule has 4 nitrogen and oxygen atoms in total. The van der Waals surface area contributed by atoms with E-state index in [1.165, 1.54) is 0 Å². The Labute approximate surface area is 113 Å². The highest BCUT2D eigenvalue weighted by molar-refractivity contribution is 6.31. The molecule has 1 unspecified atom stereocenters. The Balaban J connectivity index is 2.18. The van der Waals surface area contributed by atoms with Gasteiger partial charge in [0.25, 0.3) is 0 Å². The number of halogens is 1. The minimum Gasteiger partial charge on any atom is -0.376 e. The van der Waals surface area contributed by atoms with E-state index in [9.17, 15) is 0 Å². The summed E-state index contributed by atoms with van der Waals surface area (Å²) in [7, 11) is 0. The summed E-state index contributed by atoms with van der Waals surface area (Å²) in [6.45, 7) is 8.55. The summed E-state index contributed by atoms with van der Waals surface area (Å²) in [5, 5.41) is 0.484. The van der Waals surface area contributed by atoms with Crippen molar-refractivity contribution in [2.24, 2.45) is 0 Å². The van der Waals surface area contributed by atoms with E-state index < -0.39 is 0 Å². The summed E-state index contributed by atoms with van der Waals surface area (Å²) in [4.78, 5) is 11.0. The van der Waals surface area contributed by atoms with Gasteiger partial charge in [-0.25, -0.2) is 9.97 Å². The van der Waals surface area contributed by atoms with E-state index in [0.717, 1.165) is 49.7 Å². The maximum atomic E-state index is 6.20. The number of hydrogen-bond acceptors (Lipinski definition) is 4. The van der Waals surface area contributed by atoms with Crippen LogP contribution in [0.5, 0.6) is 0 Å². The van der Waals surface area contributed by atoms with Gasteiger partial charge in [-0.3, -0.25) is 0 Å². The lowest BCUT2D eigenvalue weighted by Crippen LogP contribution is -2.33. The average Bonchev–Trinajstić information content (AvgIpc) is 2.84. The van der Waals surface area contributed by atoms with Gasteiger partial charge in [-0.1, -0.05) is 11.6 Å². The molecule has 0 amide bonds. The molecule has 0 saturated carbocycles. The first-order valence-corrected chi connectivity index (χ1v) is 6.87. The minimum atomic E-state index is 0.296. The molecule has 2 rings (SSSR count). The lowest BCUT2D eigenvalue weighted by atomic mass is 10.2. The van der Waals surface area contributed by atoms with Crippen LogP contribution in [0.3, 0.4) is 0 Å². The van der Waals surface area contributed by atoms with Crippen molar-refractivity contribution < 1.29 is 4.74 Å². The fraction of sp³-hybridized carbons (Fsp3) is 0.692. The number of hydrogen-bond donors (Lipinski definition) is 0. The van der Waals surface area contributed by atoms with Crippen molar-refractivity contribution >= 4 is 17.4 Å². The van der Waals surface area contributed by atoms with Crippen molar-refractivity contribution in [2.75, 3.05) is 24.6 Å². The van der Waals surface area contributed by atoms with Crippen LogP contribution in [0.1, 0.15) is 31.2 Å². The summed E-state index contributed by atoms with van der Waals surface area (Å²) in [5.74, 6) is 0.776. The lowest BCUT2D eigenvalue weighted by molar-refractivity contribution is 0.115. The van der Waals surface area contributed by atoms with Gasteiger partial charge in [-0.2, -0.15) is 0 Å². The van der Waals surface area contributed by atoms with Gasteiger partial charge in [0.15, 0.2) is 11.0 Å². The number of aromatic nitrogens is 2. The van der Waals surface area contributed by atoms with E-state index in [0.29, 0.717) is 11.3 Å². The highest BCUT2D eigenvalue weighted by Crippen LogP contribution is 2.24. The molecule has 1 aliphatic rings. The van der Waals surface area contributed by atoms with Crippen molar-refractivity contribution in [2.45, 2.75) is 39.7 Å². The minimum absolute atomic E-state index is 0.296. The number of nitrogens with zero attached hydrogens (tertiary/aromatic N) is 3. The van der Waals surface area contributed by atoms with Crippen LogP contribution in [0.25, 0.3) is 0 Å². The zero-order valence-corrected chi connectivity index (χ0v) is 12.0. The van der Waals surface area contributed by atoms with Gasteiger partial charge in [-0.05, 0) is 33.6 Å². The van der Waals surface area contributed by atoms with Crippen LogP contribution < -0.4 is 4.90 Å². The number of anilines is 1. The highest BCUT2D eigenvalue weighted by atomic mass is 35.5. The van der Waals surface area contributed by atoms with Crippen molar-refractivity contribution in [1.82, 2.24) is 9.97 Å². The number of rotatable bonds is 4. The summed E-state index contributed by atoms with van der Waals surface area (Å²) in [6.07, 6.45) is 2.56. The number of aryl methyl sites for hydroxylation is 2. The molecular weight excluding hydrogens is 250 g/mol. The second-order valence-electron chi connectivity index (χ2n) is 4.68. The monoisotopic (exact) mass is 269 g/mol. The quantitative estimate of drug-likeness (QED) is 0.842. The first-order chi connectivity index (χ1) is 8.61. The first-order valence-electron chi connectivity index (χ1n) is 6.49. The average molecular weight is 270 g/mol. The van der Waals surface area contributed by atoms with Crippen LogP contribution in [-0.4, -0.2) is 35.8 Å². The fourth-order valence-corrected chi connectivity index (χ4v) is 2.45. The molecule has 1 saturated heterocycles. The van der Waals surface area contributed by atoms with Gasteiger partial charge in [-0.15, -0.1) is 0 Å². The SMILES string of the molecule is CCN(CC1CCCO1)c1nc(C)c(C)nc1Cl. The predicted molar refractivity (Wildman–Crippen MR) is 73.4 cm³/mol. The van der Waals surface area contributed by atoms with E-state index in [4.69, 9.17) is 16.3 Å². The van der Waals surface area contributed by atoms with Gasteiger partial charge in [0.2, 0.25) is 0 Å². The molecule has 5 heteroatoms. The Morgan fingerprint density at radius 3 is 2.67 bits per heavy atom. The molecule has 0 bridgehead atoms. The van der Waals surface area contributed by atoms with Gasteiger partial charge in [0.05, 0.1) is 17.5 Å². The van der Waals surface area contributed by atoms with Crippen LogP contribution >= 0.6 is 11.6 Å². The van der Waals surface area contributed by atoms with Crippen LogP contribution in [-0.2, 0) is 4.74 Å². The Morgan fingerprint density at radius 1 is 1.33 bits per heavy atom. The summed E-state index contributed by atoms with van der Waals surface area (Å²) in [5.41, 5.74) is 1.82. The van der Waals surface area contributed by atoms with E-state index in [-0.39, 0.29) is 0 Å². The van der Waals surface area contributed by atoms with Gasteiger partial charge in [0, 0.05) is 19.7 Å². The molecule has 100 valence electrons. The molecule has 2 heterocycles. The molecule has 1 fully saturated rings. The summed E-state index contributed by atoms with van der Waals surface area (Å²) >= 11 is 6.20. The number of likely N-dealkylation sites (N-methyl/N-ethyl adjacent to an activating group) is 1. The molecular formula is C13H20ClN3O. The van der Waals surface area contributed by atoms with Crippen LogP contribution in [0, 0.1) is 13.8 Å². The molecule has 1 atom stereocenters. The highest BCUT2D eigenvalue weighted by Gasteiger charge is 2.21. The summed E-state index contributed by atoms with van der Waals surface area (Å²) < 4.78 is 5.67. The third kappa shape index (κ3) is 2.93. The van der Waals surface area contributed by atoms with E-state index in [2.05, 4.69) is 21.8 Å². The third-order valence-corrected chi connectivity index (χ3v) is 3.63. The molecule has 18 heavy (non-hydrogen) atoms. The first kappa shape index (κ1) is 13.6. The molecule has 0 radical (unpaired) electrons. The van der Waals surface area contributed by atoms with Crippen molar-refractivity contribution in [3.8, 4) is 0 Å². The Morgan fingerprint density at radius 2 is 2.06 bits per heavy atom. The van der Waals surface area contributed by atoms with E-state index >= 15 is 0 Å². The van der Waals surface area contributed by atoms with Crippen molar-refractivity contribution in [3.63, 3.8) is 0 Å². The second-order valence-corrected chi connectivity index (χ2v) is 5.04. The molecule has 0 aromatic carbocycles. The van der Waals surface area contributed by atoms with Gasteiger partial charge in [0.1, 0.15) is 0 Å². The molecule has 0 spiro atoms. The van der Waals surface area contributed by atoms with E-state index in [1.54, 1.807) is 0 Å².